The van der Waals surface area contributed by atoms with Gasteiger partial charge in [0.2, 0.25) is 0 Å². The van der Waals surface area contributed by atoms with Gasteiger partial charge in [0.25, 0.3) is 0 Å². The van der Waals surface area contributed by atoms with Gasteiger partial charge in [0.1, 0.15) is 0 Å². The Hall–Kier alpha value is 0.210. The molecule has 2 unspecified atom stereocenters. The van der Waals surface area contributed by atoms with E-state index in [1.165, 1.54) is 0 Å². The molecule has 1 saturated heterocycles. The highest BCUT2D eigenvalue weighted by Crippen LogP contribution is 2.16. The predicted octanol–water partition coefficient (Wildman–Crippen LogP) is 0.120. The normalized spacial score (nSPS) is 38.2. The monoisotopic (exact) mass is 134 g/mol. The third-order valence-electron chi connectivity index (χ3n) is 1.57. The van der Waals surface area contributed by atoms with E-state index in [0.717, 1.165) is 13.0 Å². The fourth-order valence-corrected chi connectivity index (χ4v) is 1.29. The molecule has 1 fully saturated rings. The highest BCUT2D eigenvalue weighted by molar-refractivity contribution is 6.20. The molecule has 0 aromatic rings. The van der Waals surface area contributed by atoms with E-state index in [1.54, 1.807) is 0 Å². The molecular formula is C5H11ClN2. The average molecular weight is 135 g/mol. The minimum absolute atomic E-state index is 0.125. The first-order valence-corrected chi connectivity index (χ1v) is 3.35. The molecule has 0 bridgehead atoms. The van der Waals surface area contributed by atoms with Gasteiger partial charge < -0.3 is 11.1 Å². The lowest BCUT2D eigenvalue weighted by molar-refractivity contribution is 0.560. The Morgan fingerprint density at radius 3 is 2.75 bits per heavy atom. The maximum absolute atomic E-state index is 5.79. The first-order chi connectivity index (χ1) is 3.84. The van der Waals surface area contributed by atoms with Crippen LogP contribution in [-0.2, 0) is 0 Å². The quantitative estimate of drug-likeness (QED) is 0.395. The van der Waals surface area contributed by atoms with Crippen molar-refractivity contribution in [3.05, 3.63) is 0 Å². The molecule has 1 rings (SSSR count). The topological polar surface area (TPSA) is 38.0 Å². The smallest absolute Gasteiger partial charge is 0.0866 e. The van der Waals surface area contributed by atoms with Crippen molar-refractivity contribution in [1.82, 2.24) is 5.32 Å². The molecule has 0 radical (unpaired) electrons. The Morgan fingerprint density at radius 1 is 1.75 bits per heavy atom. The van der Waals surface area contributed by atoms with Crippen molar-refractivity contribution < 1.29 is 0 Å². The second-order valence-corrected chi connectivity index (χ2v) is 2.61. The maximum Gasteiger partial charge on any atom is 0.0866 e. The van der Waals surface area contributed by atoms with Crippen molar-refractivity contribution in [3.63, 3.8) is 0 Å². The molecule has 1 aliphatic heterocycles. The van der Waals surface area contributed by atoms with Crippen molar-refractivity contribution in [3.8, 4) is 0 Å². The van der Waals surface area contributed by atoms with E-state index in [1.807, 2.05) is 0 Å². The fraction of sp³-hybridized carbons (Fsp3) is 1.00. The van der Waals surface area contributed by atoms with E-state index in [-0.39, 0.29) is 5.50 Å². The number of halogens is 1. The minimum atomic E-state index is 0.125. The van der Waals surface area contributed by atoms with Gasteiger partial charge in [-0.3, -0.25) is 0 Å². The van der Waals surface area contributed by atoms with Crippen molar-refractivity contribution in [1.29, 1.82) is 0 Å². The van der Waals surface area contributed by atoms with Gasteiger partial charge in [0.15, 0.2) is 0 Å². The Kier molecular flexibility index (Phi) is 2.11. The number of alkyl halides is 1. The van der Waals surface area contributed by atoms with Crippen LogP contribution in [0.2, 0.25) is 0 Å². The van der Waals surface area contributed by atoms with Gasteiger partial charge in [-0.15, -0.1) is 11.6 Å². The van der Waals surface area contributed by atoms with Gasteiger partial charge in [-0.1, -0.05) is 0 Å². The predicted molar refractivity (Wildman–Crippen MR) is 34.8 cm³/mol. The molecule has 0 aromatic heterocycles. The van der Waals surface area contributed by atoms with Crippen LogP contribution in [0.3, 0.4) is 0 Å². The molecule has 0 aromatic carbocycles. The average Bonchev–Trinajstić information content (AvgIpc) is 2.14. The molecule has 0 aliphatic carbocycles. The molecule has 3 heteroatoms. The Labute approximate surface area is 54.4 Å². The number of nitrogens with one attached hydrogen (secondary N) is 1. The van der Waals surface area contributed by atoms with Gasteiger partial charge >= 0.3 is 0 Å². The second-order valence-electron chi connectivity index (χ2n) is 2.14. The van der Waals surface area contributed by atoms with Crippen molar-refractivity contribution in [2.75, 3.05) is 13.1 Å². The Morgan fingerprint density at radius 2 is 2.50 bits per heavy atom. The molecule has 3 N–H and O–H groups in total. The van der Waals surface area contributed by atoms with Crippen LogP contribution in [0.5, 0.6) is 0 Å². The summed E-state index contributed by atoms with van der Waals surface area (Å²) in [5, 5.41) is 3.11. The first kappa shape index (κ1) is 6.33. The highest BCUT2D eigenvalue weighted by atomic mass is 35.5. The van der Waals surface area contributed by atoms with Crippen molar-refractivity contribution in [2.45, 2.75) is 11.9 Å². The number of rotatable bonds is 1. The van der Waals surface area contributed by atoms with Crippen LogP contribution >= 0.6 is 11.6 Å². The summed E-state index contributed by atoms with van der Waals surface area (Å²) in [5.41, 5.74) is 5.52. The molecule has 0 amide bonds. The van der Waals surface area contributed by atoms with Gasteiger partial charge in [-0.25, -0.2) is 0 Å². The van der Waals surface area contributed by atoms with Crippen LogP contribution in [0, 0.1) is 5.92 Å². The molecule has 8 heavy (non-hydrogen) atoms. The molecule has 1 heterocycles. The van der Waals surface area contributed by atoms with Gasteiger partial charge in [-0.2, -0.15) is 0 Å². The Bertz CT molecular complexity index is 76.8. The zero-order valence-electron chi connectivity index (χ0n) is 4.73. The molecule has 2 nitrogen and oxygen atoms in total. The van der Waals surface area contributed by atoms with Gasteiger partial charge in [-0.05, 0) is 19.5 Å². The standard InChI is InChI=1S/C5H11ClN2/c6-5-4(3-7)1-2-8-5/h4-5,8H,1-3,7H2. The summed E-state index contributed by atoms with van der Waals surface area (Å²) in [6.45, 7) is 1.73. The Balaban J connectivity index is 2.30. The van der Waals surface area contributed by atoms with Crippen LogP contribution in [0.1, 0.15) is 6.42 Å². The molecule has 2 atom stereocenters. The molecular weight excluding hydrogens is 124 g/mol. The largest absolute Gasteiger partial charge is 0.330 e. The molecule has 1 aliphatic rings. The van der Waals surface area contributed by atoms with Crippen LogP contribution in [-0.4, -0.2) is 18.6 Å². The second kappa shape index (κ2) is 2.67. The van der Waals surface area contributed by atoms with E-state index in [0.29, 0.717) is 12.5 Å². The first-order valence-electron chi connectivity index (χ1n) is 2.92. The van der Waals surface area contributed by atoms with E-state index in [4.69, 9.17) is 17.3 Å². The SMILES string of the molecule is NCC1CCNC1Cl. The zero-order chi connectivity index (χ0) is 5.98. The maximum atomic E-state index is 5.79. The summed E-state index contributed by atoms with van der Waals surface area (Å²) in [6, 6.07) is 0. The summed E-state index contributed by atoms with van der Waals surface area (Å²) in [5.74, 6) is 0.497. The summed E-state index contributed by atoms with van der Waals surface area (Å²) in [4.78, 5) is 0. The van der Waals surface area contributed by atoms with E-state index in [9.17, 15) is 0 Å². The number of hydrogen-bond donors (Lipinski definition) is 2. The zero-order valence-corrected chi connectivity index (χ0v) is 5.49. The summed E-state index contributed by atoms with van der Waals surface area (Å²) < 4.78 is 0. The third-order valence-corrected chi connectivity index (χ3v) is 2.08. The van der Waals surface area contributed by atoms with Crippen LogP contribution < -0.4 is 11.1 Å². The third kappa shape index (κ3) is 1.13. The number of hydrogen-bond acceptors (Lipinski definition) is 2. The van der Waals surface area contributed by atoms with E-state index < -0.39 is 0 Å². The molecule has 48 valence electrons. The summed E-state index contributed by atoms with van der Waals surface area (Å²) in [6.07, 6.45) is 1.13. The lowest BCUT2D eigenvalue weighted by atomic mass is 10.1. The van der Waals surface area contributed by atoms with Crippen LogP contribution in [0.25, 0.3) is 0 Å². The highest BCUT2D eigenvalue weighted by Gasteiger charge is 2.22. The van der Waals surface area contributed by atoms with Crippen molar-refractivity contribution >= 4 is 11.6 Å². The van der Waals surface area contributed by atoms with E-state index in [2.05, 4.69) is 5.32 Å². The van der Waals surface area contributed by atoms with E-state index >= 15 is 0 Å². The summed E-state index contributed by atoms with van der Waals surface area (Å²) >= 11 is 5.79. The van der Waals surface area contributed by atoms with Gasteiger partial charge in [0.05, 0.1) is 5.50 Å². The van der Waals surface area contributed by atoms with Crippen LogP contribution in [0.15, 0.2) is 0 Å². The molecule has 0 spiro atoms. The molecule has 0 saturated carbocycles. The lowest BCUT2D eigenvalue weighted by Crippen LogP contribution is -2.25. The van der Waals surface area contributed by atoms with Crippen molar-refractivity contribution in [2.24, 2.45) is 11.7 Å². The summed E-state index contributed by atoms with van der Waals surface area (Å²) in [7, 11) is 0. The minimum Gasteiger partial charge on any atom is -0.330 e. The fourth-order valence-electron chi connectivity index (χ4n) is 0.957. The lowest BCUT2D eigenvalue weighted by Gasteiger charge is -2.07. The van der Waals surface area contributed by atoms with Gasteiger partial charge in [0, 0.05) is 5.92 Å². The van der Waals surface area contributed by atoms with Crippen LogP contribution in [0.4, 0.5) is 0 Å². The number of nitrogens with two attached hydrogens (primary N) is 1.